The van der Waals surface area contributed by atoms with Gasteiger partial charge in [0.05, 0.1) is 5.60 Å². The van der Waals surface area contributed by atoms with Gasteiger partial charge in [0, 0.05) is 25.5 Å². The van der Waals surface area contributed by atoms with Gasteiger partial charge in [0.15, 0.2) is 0 Å². The number of aliphatic hydroxyl groups is 1. The van der Waals surface area contributed by atoms with E-state index in [-0.39, 0.29) is 6.54 Å². The molecule has 122 valence electrons. The topological polar surface area (TPSA) is 66.4 Å². The quantitative estimate of drug-likeness (QED) is 0.892. The first-order valence-corrected chi connectivity index (χ1v) is 8.51. The first-order chi connectivity index (χ1) is 10.8. The molecule has 0 amide bonds. The lowest BCUT2D eigenvalue weighted by Gasteiger charge is -2.22. The Kier molecular flexibility index (Phi) is 3.95. The van der Waals surface area contributed by atoms with Crippen LogP contribution in [0.5, 0.6) is 0 Å². The van der Waals surface area contributed by atoms with Crippen molar-refractivity contribution in [1.82, 2.24) is 4.72 Å². The summed E-state index contributed by atoms with van der Waals surface area (Å²) in [7, 11) is -4.17. The summed E-state index contributed by atoms with van der Waals surface area (Å²) in [6, 6.07) is 9.70. The molecule has 4 nitrogen and oxygen atoms in total. The molecule has 23 heavy (non-hydrogen) atoms. The van der Waals surface area contributed by atoms with Gasteiger partial charge in [0.2, 0.25) is 10.0 Å². The standard InChI is InChI=1S/C16H15F2NO3S/c17-13-5-6-15(14(18)7-13)23(21,22)19-10-16(20)8-11-3-1-2-4-12(11)9-16/h1-7,19-20H,8-10H2. The van der Waals surface area contributed by atoms with Gasteiger partial charge in [-0.1, -0.05) is 24.3 Å². The third kappa shape index (κ3) is 3.26. The largest absolute Gasteiger partial charge is 0.388 e. The van der Waals surface area contributed by atoms with Crippen LogP contribution in [0.3, 0.4) is 0 Å². The Bertz CT molecular complexity index is 827. The molecule has 0 heterocycles. The van der Waals surface area contributed by atoms with Crippen molar-refractivity contribution < 1.29 is 22.3 Å². The summed E-state index contributed by atoms with van der Waals surface area (Å²) < 4.78 is 53.0. The molecule has 1 aliphatic carbocycles. The molecule has 0 saturated carbocycles. The van der Waals surface area contributed by atoms with E-state index in [4.69, 9.17) is 0 Å². The second-order valence-corrected chi connectivity index (χ2v) is 7.48. The van der Waals surface area contributed by atoms with Gasteiger partial charge in [0.1, 0.15) is 16.5 Å². The highest BCUT2D eigenvalue weighted by molar-refractivity contribution is 7.89. The third-order valence-electron chi connectivity index (χ3n) is 3.93. The minimum Gasteiger partial charge on any atom is -0.388 e. The van der Waals surface area contributed by atoms with Crippen LogP contribution in [-0.2, 0) is 22.9 Å². The van der Waals surface area contributed by atoms with Gasteiger partial charge in [-0.25, -0.2) is 21.9 Å². The average molecular weight is 339 g/mol. The van der Waals surface area contributed by atoms with Crippen LogP contribution in [0.4, 0.5) is 8.78 Å². The molecule has 0 saturated heterocycles. The van der Waals surface area contributed by atoms with Crippen molar-refractivity contribution in [3.63, 3.8) is 0 Å². The first-order valence-electron chi connectivity index (χ1n) is 7.03. The monoisotopic (exact) mass is 339 g/mol. The number of nitrogens with one attached hydrogen (secondary N) is 1. The normalized spacial score (nSPS) is 16.3. The number of hydrogen-bond acceptors (Lipinski definition) is 3. The third-order valence-corrected chi connectivity index (χ3v) is 5.37. The second kappa shape index (κ2) is 5.67. The number of hydrogen-bond donors (Lipinski definition) is 2. The van der Waals surface area contributed by atoms with Gasteiger partial charge in [0.25, 0.3) is 0 Å². The van der Waals surface area contributed by atoms with Gasteiger partial charge in [-0.05, 0) is 23.3 Å². The molecule has 2 N–H and O–H groups in total. The van der Waals surface area contributed by atoms with Crippen molar-refractivity contribution in [2.45, 2.75) is 23.3 Å². The van der Waals surface area contributed by atoms with Crippen molar-refractivity contribution in [3.05, 3.63) is 65.2 Å². The molecule has 2 aromatic rings. The van der Waals surface area contributed by atoms with E-state index in [1.807, 2.05) is 24.3 Å². The Labute approximate surface area is 132 Å². The highest BCUT2D eigenvalue weighted by Crippen LogP contribution is 2.29. The maximum Gasteiger partial charge on any atom is 0.243 e. The number of rotatable bonds is 4. The van der Waals surface area contributed by atoms with E-state index in [1.165, 1.54) is 0 Å². The molecule has 0 atom stereocenters. The van der Waals surface area contributed by atoms with E-state index in [0.29, 0.717) is 18.9 Å². The molecular weight excluding hydrogens is 324 g/mol. The van der Waals surface area contributed by atoms with E-state index in [9.17, 15) is 22.3 Å². The predicted molar refractivity (Wildman–Crippen MR) is 80.3 cm³/mol. The van der Waals surface area contributed by atoms with Crippen LogP contribution in [-0.4, -0.2) is 25.7 Å². The summed E-state index contributed by atoms with van der Waals surface area (Å²) in [6.45, 7) is -0.249. The molecular formula is C16H15F2NO3S. The zero-order valence-corrected chi connectivity index (χ0v) is 12.9. The molecule has 0 bridgehead atoms. The summed E-state index contributed by atoms with van der Waals surface area (Å²) in [4.78, 5) is -0.641. The molecule has 0 spiro atoms. The lowest BCUT2D eigenvalue weighted by molar-refractivity contribution is 0.0567. The van der Waals surface area contributed by atoms with Crippen molar-refractivity contribution in [1.29, 1.82) is 0 Å². The Morgan fingerprint density at radius 2 is 1.70 bits per heavy atom. The summed E-state index contributed by atoms with van der Waals surface area (Å²) in [5.41, 5.74) is 0.664. The van der Waals surface area contributed by atoms with E-state index in [1.54, 1.807) is 0 Å². The predicted octanol–water partition coefficient (Wildman–Crippen LogP) is 1.77. The number of fused-ring (bicyclic) bond motifs is 1. The van der Waals surface area contributed by atoms with E-state index >= 15 is 0 Å². The van der Waals surface area contributed by atoms with Gasteiger partial charge in [-0.3, -0.25) is 0 Å². The summed E-state index contributed by atoms with van der Waals surface area (Å²) in [5, 5.41) is 10.6. The maximum absolute atomic E-state index is 13.6. The molecule has 1 aliphatic rings. The van der Waals surface area contributed by atoms with Crippen LogP contribution in [0.1, 0.15) is 11.1 Å². The number of sulfonamides is 1. The molecule has 3 rings (SSSR count). The van der Waals surface area contributed by atoms with Crippen molar-refractivity contribution in [2.75, 3.05) is 6.54 Å². The number of benzene rings is 2. The molecule has 0 unspecified atom stereocenters. The Morgan fingerprint density at radius 1 is 1.09 bits per heavy atom. The van der Waals surface area contributed by atoms with Crippen LogP contribution in [0, 0.1) is 11.6 Å². The van der Waals surface area contributed by atoms with Gasteiger partial charge in [-0.15, -0.1) is 0 Å². The molecule has 7 heteroatoms. The van der Waals surface area contributed by atoms with Crippen molar-refractivity contribution in [3.8, 4) is 0 Å². The SMILES string of the molecule is O=S(=O)(NCC1(O)Cc2ccccc2C1)c1ccc(F)cc1F. The summed E-state index contributed by atoms with van der Waals surface area (Å²) in [5.74, 6) is -2.02. The van der Waals surface area contributed by atoms with Gasteiger partial charge in [-0.2, -0.15) is 0 Å². The lowest BCUT2D eigenvalue weighted by atomic mass is 10.0. The second-order valence-electron chi connectivity index (χ2n) is 5.75. The Hall–Kier alpha value is -1.83. The zero-order valence-electron chi connectivity index (χ0n) is 12.1. The fraction of sp³-hybridized carbons (Fsp3) is 0.250. The molecule has 0 fully saturated rings. The zero-order chi connectivity index (χ0) is 16.7. The van der Waals surface area contributed by atoms with E-state index in [2.05, 4.69) is 4.72 Å². The average Bonchev–Trinajstić information content (AvgIpc) is 2.82. The minimum absolute atomic E-state index is 0.249. The molecule has 0 aliphatic heterocycles. The van der Waals surface area contributed by atoms with Gasteiger partial charge < -0.3 is 5.11 Å². The smallest absolute Gasteiger partial charge is 0.243 e. The Morgan fingerprint density at radius 3 is 2.26 bits per heavy atom. The maximum atomic E-state index is 13.6. The van der Waals surface area contributed by atoms with Crippen molar-refractivity contribution >= 4 is 10.0 Å². The van der Waals surface area contributed by atoms with Crippen molar-refractivity contribution in [2.24, 2.45) is 0 Å². The fourth-order valence-corrected chi connectivity index (χ4v) is 3.98. The van der Waals surface area contributed by atoms with Crippen LogP contribution < -0.4 is 4.72 Å². The number of halogens is 2. The lowest BCUT2D eigenvalue weighted by Crippen LogP contribution is -2.43. The first kappa shape index (κ1) is 16.0. The fourth-order valence-electron chi connectivity index (χ4n) is 2.80. The molecule has 2 aromatic carbocycles. The van der Waals surface area contributed by atoms with Gasteiger partial charge >= 0.3 is 0 Å². The van der Waals surface area contributed by atoms with Crippen LogP contribution >= 0.6 is 0 Å². The summed E-state index contributed by atoms with van der Waals surface area (Å²) in [6.07, 6.45) is 0.634. The van der Waals surface area contributed by atoms with Crippen LogP contribution in [0.15, 0.2) is 47.4 Å². The minimum atomic E-state index is -4.17. The summed E-state index contributed by atoms with van der Waals surface area (Å²) >= 11 is 0. The van der Waals surface area contributed by atoms with E-state index in [0.717, 1.165) is 23.3 Å². The van der Waals surface area contributed by atoms with Crippen LogP contribution in [0.2, 0.25) is 0 Å². The highest BCUT2D eigenvalue weighted by atomic mass is 32.2. The molecule has 0 aromatic heterocycles. The van der Waals surface area contributed by atoms with Crippen LogP contribution in [0.25, 0.3) is 0 Å². The highest BCUT2D eigenvalue weighted by Gasteiger charge is 2.36. The van der Waals surface area contributed by atoms with E-state index < -0.39 is 32.2 Å². The molecule has 0 radical (unpaired) electrons. The Balaban J connectivity index is 1.75.